The summed E-state index contributed by atoms with van der Waals surface area (Å²) in [5, 5.41) is 12.2. The van der Waals surface area contributed by atoms with E-state index in [0.29, 0.717) is 19.3 Å². The topological polar surface area (TPSA) is 92.7 Å². The Hall–Kier alpha value is -3.67. The van der Waals surface area contributed by atoms with Gasteiger partial charge in [-0.05, 0) is 75.8 Å². The number of carboxylic acids is 1. The van der Waals surface area contributed by atoms with Gasteiger partial charge in [-0.1, -0.05) is 101 Å². The largest absolute Gasteiger partial charge is 0.478 e. The number of ether oxygens (including phenoxy) is 1. The molecule has 2 unspecified atom stereocenters. The predicted molar refractivity (Wildman–Crippen MR) is 168 cm³/mol. The van der Waals surface area contributed by atoms with Crippen LogP contribution in [-0.4, -0.2) is 29.0 Å². The summed E-state index contributed by atoms with van der Waals surface area (Å²) in [5.41, 5.74) is -0.0982. The highest BCUT2D eigenvalue weighted by molar-refractivity contribution is 5.93. The normalized spacial score (nSPS) is 13.7. The van der Waals surface area contributed by atoms with E-state index in [1.165, 1.54) is 12.1 Å². The Morgan fingerprint density at radius 3 is 1.88 bits per heavy atom. The zero-order valence-corrected chi connectivity index (χ0v) is 25.3. The maximum Gasteiger partial charge on any atom is 0.339 e. The van der Waals surface area contributed by atoms with E-state index in [-0.39, 0.29) is 29.1 Å². The predicted octanol–water partition coefficient (Wildman–Crippen LogP) is 8.38. The molecule has 2 atom stereocenters. The van der Waals surface area contributed by atoms with E-state index in [0.717, 1.165) is 38.5 Å². The summed E-state index contributed by atoms with van der Waals surface area (Å²) in [7, 11) is 0. The molecule has 0 aliphatic heterocycles. The Kier molecular flexibility index (Phi) is 19.0. The Morgan fingerprint density at radius 2 is 1.37 bits per heavy atom. The quantitative estimate of drug-likeness (QED) is 0.0944. The van der Waals surface area contributed by atoms with Crippen LogP contribution in [0.3, 0.4) is 0 Å². The average molecular weight is 564 g/mol. The standard InChI is InChI=1S/C35H49NO5/c1-5-7-8-9-10-11-12-13-14-15-16-17-18-19-20-21-24-29(6-2)33(37)36-31(27-28(3)4)35(40)41-32-26-23-22-25-30(32)34(38)39/h7-8,10-11,13-14,16-17,19-20,22-23,25-26,28-29,31H,5-6,9,12,15,18,21,24,27H2,1-4H3,(H,36,37)(H,38,39)/b8-7-,11-10-,14-13-,17-16-,20-19-. The minimum atomic E-state index is -1.18. The lowest BCUT2D eigenvalue weighted by atomic mass is 9.97. The zero-order chi connectivity index (χ0) is 30.3. The summed E-state index contributed by atoms with van der Waals surface area (Å²) >= 11 is 0. The first kappa shape index (κ1) is 35.4. The van der Waals surface area contributed by atoms with Crippen LogP contribution in [0.25, 0.3) is 0 Å². The molecule has 6 heteroatoms. The van der Waals surface area contributed by atoms with E-state index in [1.807, 2.05) is 20.8 Å². The molecular weight excluding hydrogens is 514 g/mol. The highest BCUT2D eigenvalue weighted by Crippen LogP contribution is 2.20. The summed E-state index contributed by atoms with van der Waals surface area (Å²) in [6, 6.07) is 5.13. The number of esters is 1. The zero-order valence-electron chi connectivity index (χ0n) is 25.3. The van der Waals surface area contributed by atoms with Crippen molar-refractivity contribution in [3.8, 4) is 5.75 Å². The van der Waals surface area contributed by atoms with Crippen LogP contribution in [0.15, 0.2) is 85.0 Å². The maximum atomic E-state index is 13.0. The van der Waals surface area contributed by atoms with E-state index in [9.17, 15) is 19.5 Å². The van der Waals surface area contributed by atoms with E-state index in [4.69, 9.17) is 4.74 Å². The summed E-state index contributed by atoms with van der Waals surface area (Å²) in [4.78, 5) is 37.4. The van der Waals surface area contributed by atoms with E-state index < -0.39 is 18.0 Å². The number of benzene rings is 1. The molecule has 0 aliphatic rings. The molecule has 1 aromatic carbocycles. The average Bonchev–Trinajstić information content (AvgIpc) is 2.94. The second-order valence-electron chi connectivity index (χ2n) is 10.3. The summed E-state index contributed by atoms with van der Waals surface area (Å²) < 4.78 is 5.42. The number of rotatable bonds is 20. The smallest absolute Gasteiger partial charge is 0.339 e. The Bertz CT molecular complexity index is 1060. The van der Waals surface area contributed by atoms with Crippen LogP contribution < -0.4 is 10.1 Å². The van der Waals surface area contributed by atoms with Crippen LogP contribution in [0.4, 0.5) is 0 Å². The van der Waals surface area contributed by atoms with Gasteiger partial charge in [-0.2, -0.15) is 0 Å². The highest BCUT2D eigenvalue weighted by Gasteiger charge is 2.27. The number of carbonyl (C=O) groups is 3. The van der Waals surface area contributed by atoms with Crippen molar-refractivity contribution in [2.24, 2.45) is 11.8 Å². The molecule has 2 N–H and O–H groups in total. The lowest BCUT2D eigenvalue weighted by Gasteiger charge is -2.22. The summed E-state index contributed by atoms with van der Waals surface area (Å²) in [5.74, 6) is -2.16. The number of nitrogens with one attached hydrogen (secondary N) is 1. The number of allylic oxidation sites excluding steroid dienone is 10. The van der Waals surface area contributed by atoms with Gasteiger partial charge < -0.3 is 15.2 Å². The molecule has 6 nitrogen and oxygen atoms in total. The van der Waals surface area contributed by atoms with Crippen LogP contribution in [0.5, 0.6) is 5.75 Å². The Balaban J connectivity index is 2.49. The molecule has 1 aromatic rings. The molecule has 0 saturated carbocycles. The van der Waals surface area contributed by atoms with Gasteiger partial charge in [0.15, 0.2) is 0 Å². The van der Waals surface area contributed by atoms with E-state index in [2.05, 4.69) is 73.0 Å². The summed E-state index contributed by atoms with van der Waals surface area (Å²) in [6.45, 7) is 8.01. The summed E-state index contributed by atoms with van der Waals surface area (Å²) in [6.07, 6.45) is 28.9. The van der Waals surface area contributed by atoms with Gasteiger partial charge in [0.25, 0.3) is 0 Å². The molecule has 1 amide bonds. The molecule has 0 radical (unpaired) electrons. The van der Waals surface area contributed by atoms with Crippen LogP contribution in [0.2, 0.25) is 0 Å². The second kappa shape index (κ2) is 22.1. The maximum absolute atomic E-state index is 13.0. The fourth-order valence-electron chi connectivity index (χ4n) is 4.07. The third kappa shape index (κ3) is 16.3. The van der Waals surface area contributed by atoms with Crippen molar-refractivity contribution in [1.82, 2.24) is 5.32 Å². The second-order valence-corrected chi connectivity index (χ2v) is 10.3. The first-order valence-electron chi connectivity index (χ1n) is 14.9. The van der Waals surface area contributed by atoms with Gasteiger partial charge in [-0.3, -0.25) is 4.79 Å². The molecular formula is C35H49NO5. The number of aromatic carboxylic acids is 1. The van der Waals surface area contributed by atoms with Crippen molar-refractivity contribution in [2.75, 3.05) is 0 Å². The molecule has 0 saturated heterocycles. The number of hydrogen-bond acceptors (Lipinski definition) is 4. The van der Waals surface area contributed by atoms with Crippen molar-refractivity contribution >= 4 is 17.8 Å². The number of para-hydroxylation sites is 1. The van der Waals surface area contributed by atoms with Gasteiger partial charge in [0.1, 0.15) is 17.4 Å². The molecule has 1 rings (SSSR count). The lowest BCUT2D eigenvalue weighted by Crippen LogP contribution is -2.46. The first-order valence-corrected chi connectivity index (χ1v) is 14.9. The van der Waals surface area contributed by atoms with Crippen molar-refractivity contribution in [2.45, 2.75) is 91.5 Å². The van der Waals surface area contributed by atoms with E-state index in [1.54, 1.807) is 12.1 Å². The van der Waals surface area contributed by atoms with Gasteiger partial charge in [0.2, 0.25) is 5.91 Å². The van der Waals surface area contributed by atoms with Crippen LogP contribution in [0.1, 0.15) is 95.8 Å². The number of amides is 1. The molecule has 224 valence electrons. The minimum absolute atomic E-state index is 0.0292. The fourth-order valence-corrected chi connectivity index (χ4v) is 4.07. The number of carbonyl (C=O) groups excluding carboxylic acids is 2. The van der Waals surface area contributed by atoms with Gasteiger partial charge in [-0.25, -0.2) is 9.59 Å². The SMILES string of the molecule is CC/C=C\C/C=C\C/C=C\C/C=C\C/C=C\CCC(CC)C(=O)NC(CC(C)C)C(=O)Oc1ccccc1C(=O)O. The Labute approximate surface area is 247 Å². The van der Waals surface area contributed by atoms with Crippen molar-refractivity contribution < 1.29 is 24.2 Å². The van der Waals surface area contributed by atoms with Crippen molar-refractivity contribution in [3.63, 3.8) is 0 Å². The lowest BCUT2D eigenvalue weighted by molar-refractivity contribution is -0.140. The minimum Gasteiger partial charge on any atom is -0.478 e. The third-order valence-electron chi connectivity index (χ3n) is 6.34. The molecule has 0 heterocycles. The molecule has 41 heavy (non-hydrogen) atoms. The first-order chi connectivity index (χ1) is 19.8. The van der Waals surface area contributed by atoms with Crippen LogP contribution in [0, 0.1) is 11.8 Å². The molecule has 0 aromatic heterocycles. The van der Waals surface area contributed by atoms with Crippen molar-refractivity contribution in [3.05, 3.63) is 90.6 Å². The molecule has 0 spiro atoms. The molecule has 0 fully saturated rings. The van der Waals surface area contributed by atoms with Crippen molar-refractivity contribution in [1.29, 1.82) is 0 Å². The fraction of sp³-hybridized carbons (Fsp3) is 0.457. The Morgan fingerprint density at radius 1 is 0.829 bits per heavy atom. The van der Waals surface area contributed by atoms with Gasteiger partial charge >= 0.3 is 11.9 Å². The van der Waals surface area contributed by atoms with Gasteiger partial charge in [0.05, 0.1) is 0 Å². The monoisotopic (exact) mass is 563 g/mol. The van der Waals surface area contributed by atoms with Crippen LogP contribution >= 0.6 is 0 Å². The van der Waals surface area contributed by atoms with Gasteiger partial charge in [-0.15, -0.1) is 0 Å². The molecule has 0 aliphatic carbocycles. The van der Waals surface area contributed by atoms with Crippen LogP contribution in [-0.2, 0) is 9.59 Å². The third-order valence-corrected chi connectivity index (χ3v) is 6.34. The number of carboxylic acid groups (broad SMARTS) is 1. The molecule has 0 bridgehead atoms. The van der Waals surface area contributed by atoms with Gasteiger partial charge in [0, 0.05) is 5.92 Å². The highest BCUT2D eigenvalue weighted by atomic mass is 16.5. The number of hydrogen-bond donors (Lipinski definition) is 2. The van der Waals surface area contributed by atoms with E-state index >= 15 is 0 Å².